The van der Waals surface area contributed by atoms with Gasteiger partial charge < -0.3 is 4.90 Å². The van der Waals surface area contributed by atoms with Gasteiger partial charge in [-0.15, -0.1) is 0 Å². The molecule has 2 rings (SSSR count). The Kier molecular flexibility index (Phi) is 3.12. The Bertz CT molecular complexity index is 366. The van der Waals surface area contributed by atoms with Crippen molar-refractivity contribution in [2.75, 3.05) is 18.4 Å². The third-order valence-corrected chi connectivity index (χ3v) is 3.01. The van der Waals surface area contributed by atoms with Gasteiger partial charge in [0, 0.05) is 24.8 Å². The molecule has 0 aromatic carbocycles. The lowest BCUT2D eigenvalue weighted by molar-refractivity contribution is 0.186. The van der Waals surface area contributed by atoms with E-state index in [-0.39, 0.29) is 6.03 Å². The summed E-state index contributed by atoms with van der Waals surface area (Å²) in [6, 6.07) is 1.78. The van der Waals surface area contributed by atoms with Crippen LogP contribution in [0.4, 0.5) is 10.6 Å². The molecule has 0 spiro atoms. The van der Waals surface area contributed by atoms with Crippen molar-refractivity contribution in [2.45, 2.75) is 26.7 Å². The molecule has 0 unspecified atom stereocenters. The van der Waals surface area contributed by atoms with Crippen LogP contribution in [0, 0.1) is 12.8 Å². The first kappa shape index (κ1) is 11.0. The molecule has 0 aliphatic carbocycles. The molecule has 0 saturated carbocycles. The highest BCUT2D eigenvalue weighted by Crippen LogP contribution is 2.16. The third-order valence-electron chi connectivity index (χ3n) is 3.01. The Balaban J connectivity index is 1.88. The van der Waals surface area contributed by atoms with Crippen molar-refractivity contribution in [1.29, 1.82) is 0 Å². The van der Waals surface area contributed by atoms with E-state index in [1.807, 2.05) is 17.9 Å². The molecule has 1 aromatic heterocycles. The number of carbonyl (C=O) groups is 1. The number of hydrogen-bond acceptors (Lipinski definition) is 2. The van der Waals surface area contributed by atoms with E-state index in [2.05, 4.69) is 22.4 Å². The van der Waals surface area contributed by atoms with Gasteiger partial charge >= 0.3 is 6.03 Å². The number of aromatic amines is 1. The van der Waals surface area contributed by atoms with E-state index in [0.717, 1.165) is 37.5 Å². The highest BCUT2D eigenvalue weighted by molar-refractivity contribution is 5.88. The number of likely N-dealkylation sites (tertiary alicyclic amines) is 1. The first-order chi connectivity index (χ1) is 7.65. The third kappa shape index (κ3) is 2.53. The van der Waals surface area contributed by atoms with Crippen LogP contribution in [-0.4, -0.2) is 34.2 Å². The fourth-order valence-corrected chi connectivity index (χ4v) is 1.88. The summed E-state index contributed by atoms with van der Waals surface area (Å²) >= 11 is 0. The topological polar surface area (TPSA) is 61.0 Å². The summed E-state index contributed by atoms with van der Waals surface area (Å²) in [7, 11) is 0. The molecule has 16 heavy (non-hydrogen) atoms. The van der Waals surface area contributed by atoms with E-state index in [1.165, 1.54) is 0 Å². The summed E-state index contributed by atoms with van der Waals surface area (Å²) in [5.41, 5.74) is 0.947. The average Bonchev–Trinajstić information content (AvgIpc) is 2.65. The zero-order valence-corrected chi connectivity index (χ0v) is 9.79. The van der Waals surface area contributed by atoms with Crippen LogP contribution >= 0.6 is 0 Å². The Labute approximate surface area is 95.2 Å². The van der Waals surface area contributed by atoms with Crippen molar-refractivity contribution in [3.63, 3.8) is 0 Å². The van der Waals surface area contributed by atoms with E-state index in [1.54, 1.807) is 0 Å². The monoisotopic (exact) mass is 222 g/mol. The van der Waals surface area contributed by atoms with Crippen LogP contribution in [-0.2, 0) is 0 Å². The maximum atomic E-state index is 11.8. The highest BCUT2D eigenvalue weighted by Gasteiger charge is 2.20. The highest BCUT2D eigenvalue weighted by atomic mass is 16.2. The minimum Gasteiger partial charge on any atom is -0.324 e. The second kappa shape index (κ2) is 4.55. The van der Waals surface area contributed by atoms with Gasteiger partial charge in [-0.3, -0.25) is 10.4 Å². The quantitative estimate of drug-likeness (QED) is 0.763. The summed E-state index contributed by atoms with van der Waals surface area (Å²) in [6.45, 7) is 5.82. The Morgan fingerprint density at radius 3 is 2.81 bits per heavy atom. The normalized spacial score (nSPS) is 17.5. The number of piperidine rings is 1. The molecule has 2 N–H and O–H groups in total. The number of carbonyl (C=O) groups excluding carboxylic acids is 1. The molecule has 1 aromatic rings. The zero-order chi connectivity index (χ0) is 11.5. The number of hydrogen-bond donors (Lipinski definition) is 2. The van der Waals surface area contributed by atoms with Crippen molar-refractivity contribution in [3.05, 3.63) is 11.8 Å². The average molecular weight is 222 g/mol. The summed E-state index contributed by atoms with van der Waals surface area (Å²) in [5.74, 6) is 1.33. The molecular formula is C11H18N4O. The second-order valence-electron chi connectivity index (χ2n) is 4.54. The lowest BCUT2D eigenvalue weighted by Crippen LogP contribution is -2.40. The van der Waals surface area contributed by atoms with Crippen LogP contribution in [0.2, 0.25) is 0 Å². The van der Waals surface area contributed by atoms with Gasteiger partial charge in [0.05, 0.1) is 0 Å². The number of aryl methyl sites for hydroxylation is 1. The Morgan fingerprint density at radius 2 is 2.25 bits per heavy atom. The molecule has 1 saturated heterocycles. The van der Waals surface area contributed by atoms with Crippen LogP contribution in [0.3, 0.4) is 0 Å². The van der Waals surface area contributed by atoms with Crippen LogP contribution in [0.25, 0.3) is 0 Å². The molecule has 1 aliphatic heterocycles. The van der Waals surface area contributed by atoms with Gasteiger partial charge in [0.25, 0.3) is 0 Å². The van der Waals surface area contributed by atoms with E-state index in [4.69, 9.17) is 0 Å². The number of anilines is 1. The van der Waals surface area contributed by atoms with Crippen LogP contribution in [0.1, 0.15) is 25.5 Å². The summed E-state index contributed by atoms with van der Waals surface area (Å²) in [4.78, 5) is 13.7. The number of H-pyrrole nitrogens is 1. The molecular weight excluding hydrogens is 204 g/mol. The van der Waals surface area contributed by atoms with E-state index in [0.29, 0.717) is 5.82 Å². The SMILES string of the molecule is Cc1cc(NC(=O)N2CCC(C)CC2)n[nH]1. The molecule has 2 heterocycles. The standard InChI is InChI=1S/C11H18N4O/c1-8-3-5-15(6-4-8)11(16)12-10-7-9(2)13-14-10/h7-8H,3-6H2,1-2H3,(H2,12,13,14,16). The minimum absolute atomic E-state index is 0.0431. The predicted molar refractivity (Wildman–Crippen MR) is 62.3 cm³/mol. The lowest BCUT2D eigenvalue weighted by Gasteiger charge is -2.29. The molecule has 88 valence electrons. The van der Waals surface area contributed by atoms with Crippen molar-refractivity contribution in [2.24, 2.45) is 5.92 Å². The molecule has 0 radical (unpaired) electrons. The molecule has 0 atom stereocenters. The second-order valence-corrected chi connectivity index (χ2v) is 4.54. The van der Waals surface area contributed by atoms with Crippen molar-refractivity contribution >= 4 is 11.8 Å². The Morgan fingerprint density at radius 1 is 1.56 bits per heavy atom. The maximum Gasteiger partial charge on any atom is 0.323 e. The van der Waals surface area contributed by atoms with Gasteiger partial charge in [-0.2, -0.15) is 5.10 Å². The maximum absolute atomic E-state index is 11.8. The number of rotatable bonds is 1. The van der Waals surface area contributed by atoms with E-state index >= 15 is 0 Å². The molecule has 5 heteroatoms. The van der Waals surface area contributed by atoms with E-state index in [9.17, 15) is 4.79 Å². The van der Waals surface area contributed by atoms with E-state index < -0.39 is 0 Å². The first-order valence-corrected chi connectivity index (χ1v) is 5.73. The lowest BCUT2D eigenvalue weighted by atomic mass is 10.00. The van der Waals surface area contributed by atoms with Crippen molar-refractivity contribution in [1.82, 2.24) is 15.1 Å². The van der Waals surface area contributed by atoms with Crippen molar-refractivity contribution in [3.8, 4) is 0 Å². The van der Waals surface area contributed by atoms with Crippen molar-refractivity contribution < 1.29 is 4.79 Å². The molecule has 1 aliphatic rings. The number of amides is 2. The molecule has 2 amide bonds. The minimum atomic E-state index is -0.0431. The van der Waals surface area contributed by atoms with Gasteiger partial charge in [0.15, 0.2) is 5.82 Å². The largest absolute Gasteiger partial charge is 0.324 e. The zero-order valence-electron chi connectivity index (χ0n) is 9.79. The molecule has 5 nitrogen and oxygen atoms in total. The van der Waals surface area contributed by atoms with Gasteiger partial charge in [-0.25, -0.2) is 4.79 Å². The summed E-state index contributed by atoms with van der Waals surface area (Å²) < 4.78 is 0. The van der Waals surface area contributed by atoms with Gasteiger partial charge in [0.1, 0.15) is 0 Å². The summed E-state index contributed by atoms with van der Waals surface area (Å²) in [5, 5.41) is 9.57. The fourth-order valence-electron chi connectivity index (χ4n) is 1.88. The van der Waals surface area contributed by atoms with Gasteiger partial charge in [-0.05, 0) is 25.7 Å². The molecule has 1 fully saturated rings. The van der Waals surface area contributed by atoms with Gasteiger partial charge in [0.2, 0.25) is 0 Å². The van der Waals surface area contributed by atoms with Crippen LogP contribution in [0.5, 0.6) is 0 Å². The van der Waals surface area contributed by atoms with Crippen LogP contribution < -0.4 is 5.32 Å². The van der Waals surface area contributed by atoms with Gasteiger partial charge in [-0.1, -0.05) is 6.92 Å². The summed E-state index contributed by atoms with van der Waals surface area (Å²) in [6.07, 6.45) is 2.18. The first-order valence-electron chi connectivity index (χ1n) is 5.73. The smallest absolute Gasteiger partial charge is 0.323 e. The molecule has 0 bridgehead atoms. The Hall–Kier alpha value is -1.52. The number of nitrogens with zero attached hydrogens (tertiary/aromatic N) is 2. The number of nitrogens with one attached hydrogen (secondary N) is 2. The number of aromatic nitrogens is 2. The van der Waals surface area contributed by atoms with Crippen LogP contribution in [0.15, 0.2) is 6.07 Å². The predicted octanol–water partition coefficient (Wildman–Crippen LogP) is 1.98. The number of urea groups is 1. The fraction of sp³-hybridized carbons (Fsp3) is 0.636.